The molecule has 0 radical (unpaired) electrons. The Balaban J connectivity index is 2.06. The third kappa shape index (κ3) is 3.96. The molecule has 9 nitrogen and oxygen atoms in total. The van der Waals surface area contributed by atoms with Crippen LogP contribution in [0.4, 0.5) is 0 Å². The predicted molar refractivity (Wildman–Crippen MR) is 124 cm³/mol. The van der Waals surface area contributed by atoms with Gasteiger partial charge in [0.2, 0.25) is 5.75 Å². The highest BCUT2D eigenvalue weighted by atomic mass is 16.5. The fourth-order valence-corrected chi connectivity index (χ4v) is 3.89. The zero-order chi connectivity index (χ0) is 24.6. The number of aromatic hydroxyl groups is 3. The van der Waals surface area contributed by atoms with Crippen molar-refractivity contribution in [1.82, 2.24) is 9.78 Å². The van der Waals surface area contributed by atoms with Crippen molar-refractivity contribution >= 4 is 16.9 Å². The minimum Gasteiger partial charge on any atom is -0.504 e. The van der Waals surface area contributed by atoms with E-state index in [1.54, 1.807) is 35.1 Å². The number of phenolic OH excluding ortho intramolecular Hbond substituents is 3. The van der Waals surface area contributed by atoms with Gasteiger partial charge in [-0.2, -0.15) is 5.10 Å². The summed E-state index contributed by atoms with van der Waals surface area (Å²) in [6.07, 6.45) is 2.99. The molecule has 0 amide bonds. The number of carbonyl (C=O) groups excluding carboxylic acids is 1. The number of hydrogen-bond donors (Lipinski definition) is 3. The summed E-state index contributed by atoms with van der Waals surface area (Å²) in [6, 6.07) is 10.0. The van der Waals surface area contributed by atoms with E-state index in [4.69, 9.17) is 9.15 Å². The summed E-state index contributed by atoms with van der Waals surface area (Å²) in [5.41, 5.74) is 0.313. The third-order valence-electron chi connectivity index (χ3n) is 5.69. The summed E-state index contributed by atoms with van der Waals surface area (Å²) in [6.45, 7) is 3.85. The highest BCUT2D eigenvalue weighted by Gasteiger charge is 2.32. The van der Waals surface area contributed by atoms with E-state index < -0.39 is 34.6 Å². The predicted octanol–water partition coefficient (Wildman–Crippen LogP) is 4.05. The van der Waals surface area contributed by atoms with Gasteiger partial charge in [-0.15, -0.1) is 0 Å². The van der Waals surface area contributed by atoms with Gasteiger partial charge in [-0.25, -0.2) is 0 Å². The molecule has 4 rings (SSSR count). The maximum absolute atomic E-state index is 13.0. The summed E-state index contributed by atoms with van der Waals surface area (Å²) in [5, 5.41) is 35.9. The molecule has 0 aliphatic rings. The first kappa shape index (κ1) is 22.9. The molecule has 0 bridgehead atoms. The number of benzene rings is 2. The van der Waals surface area contributed by atoms with Crippen LogP contribution in [-0.2, 0) is 9.53 Å². The molecule has 0 fully saturated rings. The van der Waals surface area contributed by atoms with Crippen LogP contribution in [0.1, 0.15) is 43.4 Å². The molecule has 1 unspecified atom stereocenters. The van der Waals surface area contributed by atoms with Crippen molar-refractivity contribution in [2.75, 3.05) is 7.11 Å². The van der Waals surface area contributed by atoms with Crippen LogP contribution in [0, 0.1) is 0 Å². The molecule has 0 spiro atoms. The van der Waals surface area contributed by atoms with Crippen molar-refractivity contribution in [2.45, 2.75) is 32.2 Å². The topological polar surface area (TPSA) is 135 Å². The molecule has 1 atom stereocenters. The minimum atomic E-state index is -0.900. The highest BCUT2D eigenvalue weighted by molar-refractivity contribution is 5.93. The number of ether oxygens (including phenoxy) is 1. The van der Waals surface area contributed by atoms with Gasteiger partial charge in [0.1, 0.15) is 16.7 Å². The molecule has 0 aliphatic heterocycles. The van der Waals surface area contributed by atoms with E-state index in [9.17, 15) is 24.9 Å². The number of aromatic nitrogens is 2. The van der Waals surface area contributed by atoms with E-state index in [0.717, 1.165) is 0 Å². The zero-order valence-electron chi connectivity index (χ0n) is 18.8. The van der Waals surface area contributed by atoms with Gasteiger partial charge in [0.25, 0.3) is 0 Å². The highest BCUT2D eigenvalue weighted by Crippen LogP contribution is 2.49. The van der Waals surface area contributed by atoms with Crippen molar-refractivity contribution in [3.8, 4) is 28.6 Å². The number of carbonyl (C=O) groups is 1. The maximum Gasteiger partial charge on any atom is 0.306 e. The van der Waals surface area contributed by atoms with Crippen molar-refractivity contribution in [2.24, 2.45) is 0 Å². The van der Waals surface area contributed by atoms with Crippen LogP contribution >= 0.6 is 0 Å². The van der Waals surface area contributed by atoms with Crippen molar-refractivity contribution < 1.29 is 29.3 Å². The molecule has 176 valence electrons. The molecule has 9 heteroatoms. The van der Waals surface area contributed by atoms with Gasteiger partial charge in [0.05, 0.1) is 19.7 Å². The van der Waals surface area contributed by atoms with Gasteiger partial charge in [-0.3, -0.25) is 14.3 Å². The quantitative estimate of drug-likeness (QED) is 0.287. The molecule has 2 aromatic carbocycles. The van der Waals surface area contributed by atoms with Crippen molar-refractivity contribution in [1.29, 1.82) is 0 Å². The van der Waals surface area contributed by atoms with E-state index in [1.165, 1.54) is 19.4 Å². The molecule has 34 heavy (non-hydrogen) atoms. The van der Waals surface area contributed by atoms with Crippen molar-refractivity contribution in [3.63, 3.8) is 0 Å². The molecule has 0 saturated carbocycles. The Morgan fingerprint density at radius 3 is 2.44 bits per heavy atom. The zero-order valence-corrected chi connectivity index (χ0v) is 18.8. The largest absolute Gasteiger partial charge is 0.504 e. The van der Waals surface area contributed by atoms with Gasteiger partial charge >= 0.3 is 5.97 Å². The molecular formula is C25H24N2O7. The second-order valence-corrected chi connectivity index (χ2v) is 8.18. The number of methoxy groups -OCH3 is 1. The summed E-state index contributed by atoms with van der Waals surface area (Å²) in [4.78, 5) is 25.3. The second kappa shape index (κ2) is 8.93. The molecular weight excluding hydrogens is 440 g/mol. The summed E-state index contributed by atoms with van der Waals surface area (Å²) in [7, 11) is 1.23. The Hall–Kier alpha value is -4.27. The molecule has 2 aromatic heterocycles. The van der Waals surface area contributed by atoms with Crippen LogP contribution in [0.3, 0.4) is 0 Å². The van der Waals surface area contributed by atoms with E-state index in [1.807, 2.05) is 19.9 Å². The number of rotatable bonds is 6. The van der Waals surface area contributed by atoms with Crippen LogP contribution in [0.25, 0.3) is 22.3 Å². The van der Waals surface area contributed by atoms with E-state index in [2.05, 4.69) is 5.10 Å². The molecule has 2 heterocycles. The second-order valence-electron chi connectivity index (χ2n) is 8.18. The fraction of sp³-hybridized carbons (Fsp3) is 0.240. The third-order valence-corrected chi connectivity index (χ3v) is 5.69. The lowest BCUT2D eigenvalue weighted by Crippen LogP contribution is -2.12. The summed E-state index contributed by atoms with van der Waals surface area (Å²) < 4.78 is 12.6. The van der Waals surface area contributed by atoms with Gasteiger partial charge in [0, 0.05) is 35.3 Å². The Morgan fingerprint density at radius 1 is 1.12 bits per heavy atom. The van der Waals surface area contributed by atoms with Crippen LogP contribution in [0.15, 0.2) is 58.0 Å². The molecule has 4 aromatic rings. The number of phenols is 3. The number of hydrogen-bond acceptors (Lipinski definition) is 8. The maximum atomic E-state index is 13.0. The molecule has 0 aliphatic carbocycles. The van der Waals surface area contributed by atoms with Crippen LogP contribution in [0.5, 0.6) is 17.2 Å². The van der Waals surface area contributed by atoms with E-state index in [-0.39, 0.29) is 34.8 Å². The summed E-state index contributed by atoms with van der Waals surface area (Å²) in [5.74, 6) is -3.69. The van der Waals surface area contributed by atoms with E-state index >= 15 is 0 Å². The van der Waals surface area contributed by atoms with Gasteiger partial charge < -0.3 is 24.5 Å². The monoisotopic (exact) mass is 464 g/mol. The average Bonchev–Trinajstić information content (AvgIpc) is 3.32. The normalized spacial score (nSPS) is 12.2. The average molecular weight is 464 g/mol. The number of esters is 1. The number of fused-ring (bicyclic) bond motifs is 1. The lowest BCUT2D eigenvalue weighted by atomic mass is 9.87. The van der Waals surface area contributed by atoms with Crippen LogP contribution < -0.4 is 5.43 Å². The first-order valence-electron chi connectivity index (χ1n) is 10.6. The SMILES string of the molecule is COC(=O)CC(c1cnn(C(C)C)c1)c1c(O)c(O)c(O)c2c(=O)cc(-c3ccccc3)oc12. The Bertz CT molecular complexity index is 1420. The smallest absolute Gasteiger partial charge is 0.306 e. The van der Waals surface area contributed by atoms with E-state index in [0.29, 0.717) is 11.1 Å². The van der Waals surface area contributed by atoms with Gasteiger partial charge in [0.15, 0.2) is 16.9 Å². The lowest BCUT2D eigenvalue weighted by Gasteiger charge is -2.19. The standard InChI is InChI=1S/C25H24N2O7/c1-13(2)27-12-15(11-26-27)16(9-19(29)33-3)20-22(30)24(32)23(31)21-17(28)10-18(34-25(20)21)14-7-5-4-6-8-14/h4-8,10-13,16,30-32H,9H2,1-3H3. The van der Waals surface area contributed by atoms with Crippen LogP contribution in [0.2, 0.25) is 0 Å². The minimum absolute atomic E-state index is 0.0219. The summed E-state index contributed by atoms with van der Waals surface area (Å²) >= 11 is 0. The van der Waals surface area contributed by atoms with Crippen LogP contribution in [-0.4, -0.2) is 38.2 Å². The van der Waals surface area contributed by atoms with Crippen molar-refractivity contribution in [3.05, 3.63) is 70.1 Å². The fourth-order valence-electron chi connectivity index (χ4n) is 3.89. The molecule has 0 saturated heterocycles. The molecule has 3 N–H and O–H groups in total. The lowest BCUT2D eigenvalue weighted by molar-refractivity contribution is -0.140. The number of nitrogens with zero attached hydrogens (tertiary/aromatic N) is 2. The Morgan fingerprint density at radius 2 is 1.82 bits per heavy atom. The first-order valence-corrected chi connectivity index (χ1v) is 10.6. The van der Waals surface area contributed by atoms with Gasteiger partial charge in [-0.1, -0.05) is 30.3 Å². The Labute approximate surface area is 194 Å². The first-order chi connectivity index (χ1) is 16.2. The Kier molecular flexibility index (Phi) is 6.02. The van der Waals surface area contributed by atoms with Gasteiger partial charge in [-0.05, 0) is 19.4 Å².